The second-order valence-corrected chi connectivity index (χ2v) is 10.6. The Labute approximate surface area is 215 Å². The molecule has 3 aromatic heterocycles. The summed E-state index contributed by atoms with van der Waals surface area (Å²) in [5.74, 6) is -0.603. The molecule has 0 amide bonds. The average molecular weight is 547 g/mol. The van der Waals surface area contributed by atoms with Crippen LogP contribution < -0.4 is 4.74 Å². The van der Waals surface area contributed by atoms with E-state index in [0.717, 1.165) is 17.5 Å². The predicted molar refractivity (Wildman–Crippen MR) is 134 cm³/mol. The van der Waals surface area contributed by atoms with Gasteiger partial charge in [0.25, 0.3) is 0 Å². The molecule has 0 unspecified atom stereocenters. The highest BCUT2D eigenvalue weighted by atomic mass is 32.2. The second-order valence-electron chi connectivity index (χ2n) is 8.77. The van der Waals surface area contributed by atoms with Gasteiger partial charge < -0.3 is 9.72 Å². The van der Waals surface area contributed by atoms with E-state index >= 15 is 4.39 Å². The molecule has 0 spiro atoms. The van der Waals surface area contributed by atoms with E-state index in [1.54, 1.807) is 18.2 Å². The van der Waals surface area contributed by atoms with E-state index < -0.39 is 33.6 Å². The molecule has 4 aromatic rings. The zero-order valence-electron chi connectivity index (χ0n) is 19.9. The normalized spacial score (nSPS) is 16.7. The third-order valence-corrected chi connectivity index (χ3v) is 8.02. The molecule has 1 aliphatic heterocycles. The first kappa shape index (κ1) is 25.9. The van der Waals surface area contributed by atoms with Crippen molar-refractivity contribution in [3.8, 4) is 28.1 Å². The van der Waals surface area contributed by atoms with E-state index in [9.17, 15) is 21.6 Å². The number of benzene rings is 1. The Morgan fingerprint density at radius 2 is 2.00 bits per heavy atom. The van der Waals surface area contributed by atoms with E-state index in [4.69, 9.17) is 4.74 Å². The molecule has 38 heavy (non-hydrogen) atoms. The molecule has 0 bridgehead atoms. The number of aromatic amines is 1. The smallest absolute Gasteiger partial charge is 0.416 e. The largest absolute Gasteiger partial charge is 0.490 e. The first-order chi connectivity index (χ1) is 18.1. The van der Waals surface area contributed by atoms with E-state index in [-0.39, 0.29) is 34.7 Å². The van der Waals surface area contributed by atoms with Crippen LogP contribution in [0.4, 0.5) is 17.6 Å². The van der Waals surface area contributed by atoms with Gasteiger partial charge in [-0.25, -0.2) is 12.8 Å². The fourth-order valence-electron chi connectivity index (χ4n) is 4.67. The van der Waals surface area contributed by atoms with Crippen LogP contribution in [-0.2, 0) is 16.2 Å². The molecule has 4 heterocycles. The summed E-state index contributed by atoms with van der Waals surface area (Å²) in [6.45, 7) is 3.73. The average Bonchev–Trinajstić information content (AvgIpc) is 3.53. The lowest BCUT2D eigenvalue weighted by Gasteiger charge is -2.23. The number of nitrogens with one attached hydrogen (secondary N) is 1. The molecule has 5 rings (SSSR count). The maximum absolute atomic E-state index is 15.1. The molecular weight excluding hydrogens is 524 g/mol. The molecule has 0 aliphatic carbocycles. The highest BCUT2D eigenvalue weighted by Gasteiger charge is 2.34. The number of fused-ring (bicyclic) bond motifs is 1. The lowest BCUT2D eigenvalue weighted by Crippen LogP contribution is -2.37. The summed E-state index contributed by atoms with van der Waals surface area (Å²) in [6, 6.07) is 6.70. The Kier molecular flexibility index (Phi) is 6.70. The van der Waals surface area contributed by atoms with Gasteiger partial charge in [0.15, 0.2) is 0 Å². The number of alkyl halides is 3. The second kappa shape index (κ2) is 9.84. The van der Waals surface area contributed by atoms with Crippen LogP contribution in [0.2, 0.25) is 0 Å². The number of rotatable bonds is 7. The fourth-order valence-corrected chi connectivity index (χ4v) is 5.83. The summed E-state index contributed by atoms with van der Waals surface area (Å²) in [4.78, 5) is 11.5. The Balaban J connectivity index is 1.60. The Morgan fingerprint density at radius 3 is 2.76 bits per heavy atom. The molecule has 198 valence electrons. The molecule has 1 N–H and O–H groups in total. The third kappa shape index (κ3) is 4.76. The van der Waals surface area contributed by atoms with E-state index in [2.05, 4.69) is 21.5 Å². The maximum Gasteiger partial charge on any atom is 0.416 e. The number of pyridine rings is 2. The lowest BCUT2D eigenvalue weighted by atomic mass is 9.98. The minimum Gasteiger partial charge on any atom is -0.490 e. The number of sulfonamides is 1. The number of nitrogens with zero attached hydrogens (tertiary/aromatic N) is 3. The predicted octanol–water partition coefficient (Wildman–Crippen LogP) is 5.77. The minimum atomic E-state index is -4.67. The standard InChI is InChI=1S/C26H22F4N4O3S/c1-2-38(35,36)34-12-4-5-17(34)15-37-22-14-31-11-9-18(22)24-23(25-21(33-24)6-3-10-32-25)19-13-16(26(28,29)30)7-8-20(19)27/h2-3,6-11,13-14,17,33H,1,4-5,12,15H2/t17-/m0/s1. The number of halogens is 4. The number of hydrogen-bond donors (Lipinski definition) is 1. The number of hydrogen-bond acceptors (Lipinski definition) is 5. The van der Waals surface area contributed by atoms with Gasteiger partial charge >= 0.3 is 6.18 Å². The molecule has 12 heteroatoms. The van der Waals surface area contributed by atoms with Gasteiger partial charge in [-0.1, -0.05) is 6.58 Å². The Hall–Kier alpha value is -3.77. The van der Waals surface area contributed by atoms with Gasteiger partial charge in [0, 0.05) is 41.0 Å². The van der Waals surface area contributed by atoms with Crippen LogP contribution in [0, 0.1) is 5.82 Å². The zero-order valence-corrected chi connectivity index (χ0v) is 20.7. The topological polar surface area (TPSA) is 88.2 Å². The van der Waals surface area contributed by atoms with E-state index in [0.29, 0.717) is 36.5 Å². The minimum absolute atomic E-state index is 0.0114. The van der Waals surface area contributed by atoms with Crippen LogP contribution in [0.1, 0.15) is 18.4 Å². The van der Waals surface area contributed by atoms with Crippen LogP contribution in [0.3, 0.4) is 0 Å². The quantitative estimate of drug-likeness (QED) is 0.298. The van der Waals surface area contributed by atoms with Crippen LogP contribution in [0.5, 0.6) is 5.75 Å². The van der Waals surface area contributed by atoms with E-state index in [1.807, 2.05) is 0 Å². The maximum atomic E-state index is 15.1. The fraction of sp³-hybridized carbons (Fsp3) is 0.231. The van der Waals surface area contributed by atoms with Crippen molar-refractivity contribution in [2.45, 2.75) is 25.1 Å². The molecule has 1 atom stereocenters. The first-order valence-electron chi connectivity index (χ1n) is 11.7. The molecular formula is C26H22F4N4O3S. The van der Waals surface area contributed by atoms with Crippen molar-refractivity contribution < 1.29 is 30.7 Å². The highest BCUT2D eigenvalue weighted by Crippen LogP contribution is 2.43. The van der Waals surface area contributed by atoms with Crippen molar-refractivity contribution >= 4 is 21.1 Å². The molecule has 1 aliphatic rings. The van der Waals surface area contributed by atoms with Crippen LogP contribution >= 0.6 is 0 Å². The highest BCUT2D eigenvalue weighted by molar-refractivity contribution is 7.92. The van der Waals surface area contributed by atoms with Gasteiger partial charge in [-0.05, 0) is 49.2 Å². The van der Waals surface area contributed by atoms with Crippen molar-refractivity contribution in [1.29, 1.82) is 0 Å². The summed E-state index contributed by atoms with van der Waals surface area (Å²) >= 11 is 0. The van der Waals surface area contributed by atoms with Crippen molar-refractivity contribution in [2.24, 2.45) is 0 Å². The van der Waals surface area contributed by atoms with Gasteiger partial charge in [-0.15, -0.1) is 0 Å². The monoisotopic (exact) mass is 546 g/mol. The SMILES string of the molecule is C=CS(=O)(=O)N1CCC[C@H]1COc1cnccc1-c1[nH]c2cccnc2c1-c1cc(C(F)(F)F)ccc1F. The number of H-pyrrole nitrogens is 1. The van der Waals surface area contributed by atoms with Crippen LogP contribution in [-0.4, -0.2) is 46.9 Å². The van der Waals surface area contributed by atoms with Crippen molar-refractivity contribution in [2.75, 3.05) is 13.2 Å². The van der Waals surface area contributed by atoms with Gasteiger partial charge in [0.05, 0.1) is 34.5 Å². The summed E-state index contributed by atoms with van der Waals surface area (Å²) in [5, 5.41) is 0.897. The van der Waals surface area contributed by atoms with Crippen molar-refractivity contribution in [3.05, 3.63) is 78.4 Å². The molecule has 0 saturated carbocycles. The lowest BCUT2D eigenvalue weighted by molar-refractivity contribution is -0.137. The first-order valence-corrected chi connectivity index (χ1v) is 13.2. The number of aromatic nitrogens is 3. The summed E-state index contributed by atoms with van der Waals surface area (Å²) in [5.41, 5.74) is 0.315. The summed E-state index contributed by atoms with van der Waals surface area (Å²) in [7, 11) is -3.64. The number of ether oxygens (including phenoxy) is 1. The summed E-state index contributed by atoms with van der Waals surface area (Å²) in [6.07, 6.45) is 0.923. The molecule has 0 radical (unpaired) electrons. The van der Waals surface area contributed by atoms with E-state index in [1.165, 1.54) is 22.9 Å². The third-order valence-electron chi connectivity index (χ3n) is 6.46. The molecule has 7 nitrogen and oxygen atoms in total. The van der Waals surface area contributed by atoms with Gasteiger partial charge in [-0.2, -0.15) is 17.5 Å². The molecule has 1 fully saturated rings. The van der Waals surface area contributed by atoms with Crippen LogP contribution in [0.25, 0.3) is 33.4 Å². The van der Waals surface area contributed by atoms with Crippen molar-refractivity contribution in [3.63, 3.8) is 0 Å². The van der Waals surface area contributed by atoms with Crippen LogP contribution in [0.15, 0.2) is 67.0 Å². The van der Waals surface area contributed by atoms with Gasteiger partial charge in [0.1, 0.15) is 18.2 Å². The Morgan fingerprint density at radius 1 is 1.18 bits per heavy atom. The Bertz CT molecular complexity index is 1620. The zero-order chi connectivity index (χ0) is 27.1. The van der Waals surface area contributed by atoms with Gasteiger partial charge in [0.2, 0.25) is 10.0 Å². The summed E-state index contributed by atoms with van der Waals surface area (Å²) < 4.78 is 87.6. The molecule has 1 aromatic carbocycles. The van der Waals surface area contributed by atoms with Gasteiger partial charge in [-0.3, -0.25) is 9.97 Å². The van der Waals surface area contributed by atoms with Crippen molar-refractivity contribution in [1.82, 2.24) is 19.3 Å². The molecule has 1 saturated heterocycles.